The number of unbranched alkanes of at least 4 members (excludes halogenated alkanes) is 1. The molecule has 3 N–H and O–H groups in total. The van der Waals surface area contributed by atoms with Gasteiger partial charge in [-0.05, 0) is 31.6 Å². The maximum Gasteiger partial charge on any atom is 0.460 e. The molecule has 0 radical (unpaired) electrons. The summed E-state index contributed by atoms with van der Waals surface area (Å²) >= 11 is 0. The Morgan fingerprint density at radius 2 is 0.852 bits per heavy atom. The molecule has 0 aromatic rings. The Morgan fingerprint density at radius 1 is 0.519 bits per heavy atom. The predicted molar refractivity (Wildman–Crippen MR) is 133 cm³/mol. The van der Waals surface area contributed by atoms with E-state index in [1.165, 1.54) is 5.32 Å². The second-order valence-corrected chi connectivity index (χ2v) is 11.2. The van der Waals surface area contributed by atoms with Crippen LogP contribution in [0.3, 0.4) is 0 Å². The van der Waals surface area contributed by atoms with Crippen molar-refractivity contribution in [3.05, 3.63) is 0 Å². The van der Waals surface area contributed by atoms with E-state index in [0.29, 0.717) is 0 Å². The van der Waals surface area contributed by atoms with Crippen LogP contribution >= 0.6 is 0 Å². The number of hydrogen-bond acceptors (Lipinski definition) is 4. The fraction of sp³-hybridized carbons (Fsp3) is 0.875. The Morgan fingerprint density at radius 3 is 1.20 bits per heavy atom. The number of alkyl halides is 21. The first kappa shape index (κ1) is 50.3. The van der Waals surface area contributed by atoms with E-state index in [4.69, 9.17) is 10.2 Å². The van der Waals surface area contributed by atoms with Gasteiger partial charge in [0.05, 0.1) is 13.1 Å². The van der Waals surface area contributed by atoms with Crippen LogP contribution in [-0.2, 0) is 4.74 Å². The van der Waals surface area contributed by atoms with Gasteiger partial charge in [0.1, 0.15) is 0 Å². The zero-order valence-electron chi connectivity index (χ0n) is 26.2. The van der Waals surface area contributed by atoms with E-state index in [9.17, 15) is 107 Å². The quantitative estimate of drug-likeness (QED) is 0.0834. The number of nitrogens with zero attached hydrogens (tertiary/aromatic N) is 2. The lowest BCUT2D eigenvalue weighted by Gasteiger charge is -2.32. The van der Waals surface area contributed by atoms with Crippen molar-refractivity contribution >= 4 is 18.3 Å². The van der Waals surface area contributed by atoms with E-state index >= 15 is 0 Å². The fourth-order valence-corrected chi connectivity index (χ4v) is 3.97. The van der Waals surface area contributed by atoms with E-state index in [1.807, 2.05) is 0 Å². The molecular formula is C24H26F21N3O6. The fourth-order valence-electron chi connectivity index (χ4n) is 3.97. The highest BCUT2D eigenvalue weighted by atomic mass is 19.4. The Bertz CT molecular complexity index is 1260. The number of carbonyl (C=O) groups excluding carboxylic acids is 1. The zero-order chi connectivity index (χ0) is 43.2. The van der Waals surface area contributed by atoms with Crippen LogP contribution in [0.1, 0.15) is 32.1 Å². The van der Waals surface area contributed by atoms with E-state index in [1.54, 1.807) is 0 Å². The highest BCUT2D eigenvalue weighted by Gasteiger charge is 2.75. The van der Waals surface area contributed by atoms with E-state index in [0.717, 1.165) is 0 Å². The Hall–Kier alpha value is -3.66. The van der Waals surface area contributed by atoms with Gasteiger partial charge >= 0.3 is 72.3 Å². The number of carbonyl (C=O) groups is 3. The standard InChI is InChI=1S/C24H26F21N3O6/c25-16(26,19(31,32)22(37,38)39)9-47(14(50)51)6-2-1-4-12(8-46-13(49)54-11-18(29,30)21(35,36)24(43,44)45)5-3-7-48(15(52)53)10-17(27,28)20(33,34)23(40,41)42/h12H,1-11H2,(H,46,49)(H,50,51)(H,52,53). The largest absolute Gasteiger partial charge is 0.465 e. The van der Waals surface area contributed by atoms with Crippen molar-refractivity contribution in [1.82, 2.24) is 15.1 Å². The number of halogens is 21. The molecule has 1 unspecified atom stereocenters. The van der Waals surface area contributed by atoms with Gasteiger partial charge in [-0.3, -0.25) is 0 Å². The Kier molecular flexibility index (Phi) is 16.2. The van der Waals surface area contributed by atoms with Crippen LogP contribution < -0.4 is 5.32 Å². The van der Waals surface area contributed by atoms with E-state index in [-0.39, 0.29) is 0 Å². The summed E-state index contributed by atoms with van der Waals surface area (Å²) in [5, 5.41) is 19.5. The van der Waals surface area contributed by atoms with Gasteiger partial charge in [-0.15, -0.1) is 0 Å². The third-order valence-corrected chi connectivity index (χ3v) is 7.02. The van der Waals surface area contributed by atoms with Crippen molar-refractivity contribution in [1.29, 1.82) is 0 Å². The predicted octanol–water partition coefficient (Wildman–Crippen LogP) is 8.74. The average Bonchev–Trinajstić information content (AvgIpc) is 2.96. The molecule has 0 aromatic heterocycles. The normalized spacial score (nSPS) is 14.8. The van der Waals surface area contributed by atoms with Crippen LogP contribution in [0.25, 0.3) is 0 Å². The Balaban J connectivity index is 5.86. The van der Waals surface area contributed by atoms with Crippen LogP contribution in [-0.4, -0.2) is 132 Å². The monoisotopic (exact) mass is 851 g/mol. The molecule has 320 valence electrons. The molecule has 0 rings (SSSR count). The van der Waals surface area contributed by atoms with Crippen LogP contribution in [0.15, 0.2) is 0 Å². The maximum absolute atomic E-state index is 13.8. The molecule has 0 aromatic carbocycles. The first-order valence-corrected chi connectivity index (χ1v) is 14.1. The van der Waals surface area contributed by atoms with Gasteiger partial charge in [0.2, 0.25) is 0 Å². The molecule has 1 atom stereocenters. The Labute approximate surface area is 287 Å². The van der Waals surface area contributed by atoms with Crippen LogP contribution in [0.2, 0.25) is 0 Å². The number of nitrogens with one attached hydrogen (secondary N) is 1. The van der Waals surface area contributed by atoms with Gasteiger partial charge in [0, 0.05) is 19.6 Å². The number of hydrogen-bond donors (Lipinski definition) is 3. The number of carboxylic acid groups (broad SMARTS) is 2. The lowest BCUT2D eigenvalue weighted by molar-refractivity contribution is -0.359. The molecule has 0 spiro atoms. The maximum atomic E-state index is 13.8. The third kappa shape index (κ3) is 12.7. The highest BCUT2D eigenvalue weighted by Crippen LogP contribution is 2.49. The van der Waals surface area contributed by atoms with Gasteiger partial charge in [-0.2, -0.15) is 92.2 Å². The van der Waals surface area contributed by atoms with Crippen molar-refractivity contribution in [3.63, 3.8) is 0 Å². The number of rotatable bonds is 20. The summed E-state index contributed by atoms with van der Waals surface area (Å²) in [7, 11) is 0. The summed E-state index contributed by atoms with van der Waals surface area (Å²) in [6.07, 6.45) is -31.1. The lowest BCUT2D eigenvalue weighted by Crippen LogP contribution is -2.57. The molecule has 0 fully saturated rings. The first-order valence-electron chi connectivity index (χ1n) is 14.1. The molecular weight excluding hydrogens is 825 g/mol. The molecule has 0 heterocycles. The molecule has 0 bridgehead atoms. The van der Waals surface area contributed by atoms with Crippen LogP contribution in [0.5, 0.6) is 0 Å². The zero-order valence-corrected chi connectivity index (χ0v) is 26.2. The molecule has 30 heteroatoms. The molecule has 0 aliphatic rings. The molecule has 0 saturated carbocycles. The molecule has 9 nitrogen and oxygen atoms in total. The van der Waals surface area contributed by atoms with Crippen LogP contribution in [0.4, 0.5) is 107 Å². The summed E-state index contributed by atoms with van der Waals surface area (Å²) in [5.41, 5.74) is 0. The first-order chi connectivity index (χ1) is 23.8. The minimum Gasteiger partial charge on any atom is -0.465 e. The average molecular weight is 851 g/mol. The second kappa shape index (κ2) is 17.4. The van der Waals surface area contributed by atoms with Crippen LogP contribution in [0, 0.1) is 5.92 Å². The van der Waals surface area contributed by atoms with Crippen molar-refractivity contribution < 1.29 is 122 Å². The smallest absolute Gasteiger partial charge is 0.460 e. The number of ether oxygens (including phenoxy) is 1. The number of amides is 3. The van der Waals surface area contributed by atoms with Crippen molar-refractivity contribution in [2.24, 2.45) is 5.92 Å². The van der Waals surface area contributed by atoms with E-state index in [2.05, 4.69) is 4.74 Å². The number of alkyl carbamates (subject to hydrolysis) is 1. The van der Waals surface area contributed by atoms with Gasteiger partial charge in [-0.25, -0.2) is 14.4 Å². The van der Waals surface area contributed by atoms with Gasteiger partial charge < -0.3 is 30.1 Å². The molecule has 0 saturated heterocycles. The summed E-state index contributed by atoms with van der Waals surface area (Å²) in [4.78, 5) is 33.0. The van der Waals surface area contributed by atoms with Crippen molar-refractivity contribution in [3.8, 4) is 0 Å². The van der Waals surface area contributed by atoms with Gasteiger partial charge in [0.15, 0.2) is 6.61 Å². The minimum absolute atomic E-state index is 0.555. The van der Waals surface area contributed by atoms with Crippen molar-refractivity contribution in [2.75, 3.05) is 39.3 Å². The summed E-state index contributed by atoms with van der Waals surface area (Å²) in [6, 6.07) is 0. The van der Waals surface area contributed by atoms with Crippen molar-refractivity contribution in [2.45, 2.75) is 86.2 Å². The molecule has 0 aliphatic heterocycles. The molecule has 0 aliphatic carbocycles. The SMILES string of the molecule is O=C(NCC(CCCCN(CC(F)(F)C(F)(F)C(F)(F)F)C(=O)O)CCCN(CC(F)(F)C(F)(F)C(F)(F)F)C(=O)O)OCC(F)(F)C(F)(F)C(F)(F)F. The molecule has 54 heavy (non-hydrogen) atoms. The van der Waals surface area contributed by atoms with Gasteiger partial charge in [-0.1, -0.05) is 6.42 Å². The topological polar surface area (TPSA) is 119 Å². The molecule has 3 amide bonds. The van der Waals surface area contributed by atoms with Gasteiger partial charge in [0.25, 0.3) is 0 Å². The summed E-state index contributed by atoms with van der Waals surface area (Å²) in [5.74, 6) is -39.8. The second-order valence-electron chi connectivity index (χ2n) is 11.2. The highest BCUT2D eigenvalue weighted by molar-refractivity contribution is 5.67. The lowest BCUT2D eigenvalue weighted by atomic mass is 9.96. The third-order valence-electron chi connectivity index (χ3n) is 7.02. The van der Waals surface area contributed by atoms with E-state index < -0.39 is 159 Å². The summed E-state index contributed by atoms with van der Waals surface area (Å²) in [6.45, 7) is -12.0. The summed E-state index contributed by atoms with van der Waals surface area (Å²) < 4.78 is 275. The minimum atomic E-state index is -6.87.